The van der Waals surface area contributed by atoms with Crippen molar-refractivity contribution in [2.75, 3.05) is 14.2 Å². The Morgan fingerprint density at radius 3 is 2.56 bits per heavy atom. The molecular formula is C19H17FO5. The number of halogens is 1. The topological polar surface area (TPSA) is 57.9 Å². The number of rotatable bonds is 5. The molecule has 3 aromatic rings. The first-order chi connectivity index (χ1) is 12.0. The number of hydrogen-bond acceptors (Lipinski definition) is 5. The number of fused-ring (bicyclic) bond motifs is 1. The van der Waals surface area contributed by atoms with Gasteiger partial charge < -0.3 is 18.6 Å². The first kappa shape index (κ1) is 16.8. The van der Waals surface area contributed by atoms with Crippen LogP contribution >= 0.6 is 0 Å². The van der Waals surface area contributed by atoms with Gasteiger partial charge in [0.25, 0.3) is 0 Å². The molecule has 0 spiro atoms. The maximum Gasteiger partial charge on any atom is 0.374 e. The number of esters is 1. The summed E-state index contributed by atoms with van der Waals surface area (Å²) in [5.41, 5.74) is 1.33. The molecule has 0 bridgehead atoms. The number of para-hydroxylation sites is 1. The standard InChI is InChI=1S/C19H17FO5/c1-11-13-5-4-6-14(20)18(13)25-17(11)19(21)24-10-12-7-8-15(22-2)16(9-12)23-3/h4-9H,10H2,1-3H3. The molecule has 0 aliphatic heterocycles. The smallest absolute Gasteiger partial charge is 0.374 e. The lowest BCUT2D eigenvalue weighted by Crippen LogP contribution is -2.05. The number of furan rings is 1. The van der Waals surface area contributed by atoms with Crippen molar-refractivity contribution in [3.8, 4) is 11.5 Å². The van der Waals surface area contributed by atoms with E-state index < -0.39 is 11.8 Å². The summed E-state index contributed by atoms with van der Waals surface area (Å²) < 4.78 is 34.8. The molecule has 0 radical (unpaired) electrons. The number of methoxy groups -OCH3 is 2. The lowest BCUT2D eigenvalue weighted by molar-refractivity contribution is 0.0437. The maximum atomic E-state index is 13.8. The van der Waals surface area contributed by atoms with Gasteiger partial charge in [0.2, 0.25) is 5.76 Å². The quantitative estimate of drug-likeness (QED) is 0.648. The molecule has 0 aliphatic rings. The second-order valence-electron chi connectivity index (χ2n) is 5.44. The number of ether oxygens (including phenoxy) is 3. The molecule has 6 heteroatoms. The molecule has 2 aromatic carbocycles. The predicted octanol–water partition coefficient (Wildman–Crippen LogP) is 4.25. The Kier molecular flexibility index (Phi) is 4.61. The van der Waals surface area contributed by atoms with Crippen LogP contribution in [0.25, 0.3) is 11.0 Å². The van der Waals surface area contributed by atoms with Gasteiger partial charge in [-0.3, -0.25) is 0 Å². The van der Waals surface area contributed by atoms with Crippen molar-refractivity contribution >= 4 is 16.9 Å². The predicted molar refractivity (Wildman–Crippen MR) is 89.6 cm³/mol. The highest BCUT2D eigenvalue weighted by atomic mass is 19.1. The lowest BCUT2D eigenvalue weighted by atomic mass is 10.1. The minimum absolute atomic E-state index is 0.000534. The summed E-state index contributed by atoms with van der Waals surface area (Å²) in [6.07, 6.45) is 0. The fourth-order valence-corrected chi connectivity index (χ4v) is 2.59. The third-order valence-electron chi connectivity index (χ3n) is 3.92. The summed E-state index contributed by atoms with van der Waals surface area (Å²) in [6, 6.07) is 9.76. The third kappa shape index (κ3) is 3.15. The van der Waals surface area contributed by atoms with E-state index >= 15 is 0 Å². The van der Waals surface area contributed by atoms with Gasteiger partial charge in [0, 0.05) is 10.9 Å². The van der Waals surface area contributed by atoms with Crippen LogP contribution in [0.15, 0.2) is 40.8 Å². The Balaban J connectivity index is 1.79. The summed E-state index contributed by atoms with van der Waals surface area (Å²) in [6.45, 7) is 1.72. The van der Waals surface area contributed by atoms with Gasteiger partial charge in [-0.15, -0.1) is 0 Å². The van der Waals surface area contributed by atoms with E-state index in [2.05, 4.69) is 0 Å². The number of carbonyl (C=O) groups is 1. The van der Waals surface area contributed by atoms with E-state index in [1.807, 2.05) is 0 Å². The molecule has 0 unspecified atom stereocenters. The lowest BCUT2D eigenvalue weighted by Gasteiger charge is -2.09. The summed E-state index contributed by atoms with van der Waals surface area (Å²) in [5.74, 6) is -0.0396. The summed E-state index contributed by atoms with van der Waals surface area (Å²) in [7, 11) is 3.07. The third-order valence-corrected chi connectivity index (χ3v) is 3.92. The van der Waals surface area contributed by atoms with Gasteiger partial charge in [0.05, 0.1) is 14.2 Å². The van der Waals surface area contributed by atoms with Gasteiger partial charge in [-0.2, -0.15) is 0 Å². The van der Waals surface area contributed by atoms with Crippen molar-refractivity contribution in [1.82, 2.24) is 0 Å². The normalized spacial score (nSPS) is 10.7. The molecule has 0 amide bonds. The Hall–Kier alpha value is -3.02. The van der Waals surface area contributed by atoms with E-state index in [1.165, 1.54) is 13.2 Å². The van der Waals surface area contributed by atoms with Crippen LogP contribution in [-0.2, 0) is 11.3 Å². The largest absolute Gasteiger partial charge is 0.493 e. The van der Waals surface area contributed by atoms with E-state index in [-0.39, 0.29) is 18.0 Å². The van der Waals surface area contributed by atoms with Crippen LogP contribution in [0.4, 0.5) is 4.39 Å². The van der Waals surface area contributed by atoms with E-state index in [1.54, 1.807) is 44.4 Å². The Labute approximate surface area is 143 Å². The van der Waals surface area contributed by atoms with Crippen molar-refractivity contribution in [3.05, 3.63) is 59.1 Å². The van der Waals surface area contributed by atoms with Crippen molar-refractivity contribution in [3.63, 3.8) is 0 Å². The van der Waals surface area contributed by atoms with Crippen LogP contribution in [0.2, 0.25) is 0 Å². The fourth-order valence-electron chi connectivity index (χ4n) is 2.59. The highest BCUT2D eigenvalue weighted by Gasteiger charge is 2.21. The number of hydrogen-bond donors (Lipinski definition) is 0. The van der Waals surface area contributed by atoms with Crippen LogP contribution in [0.3, 0.4) is 0 Å². The van der Waals surface area contributed by atoms with E-state index in [0.29, 0.717) is 22.4 Å². The molecule has 0 aliphatic carbocycles. The molecule has 25 heavy (non-hydrogen) atoms. The molecular weight excluding hydrogens is 327 g/mol. The summed E-state index contributed by atoms with van der Waals surface area (Å²) in [4.78, 5) is 12.3. The average molecular weight is 344 g/mol. The van der Waals surface area contributed by atoms with Gasteiger partial charge in [-0.25, -0.2) is 9.18 Å². The second kappa shape index (κ2) is 6.84. The maximum absolute atomic E-state index is 13.8. The van der Waals surface area contributed by atoms with Crippen LogP contribution in [-0.4, -0.2) is 20.2 Å². The molecule has 1 aromatic heterocycles. The molecule has 0 N–H and O–H groups in total. The summed E-state index contributed by atoms with van der Waals surface area (Å²) in [5, 5.41) is 0.554. The zero-order chi connectivity index (χ0) is 18.0. The zero-order valence-electron chi connectivity index (χ0n) is 14.1. The second-order valence-corrected chi connectivity index (χ2v) is 5.44. The number of benzene rings is 2. The first-order valence-corrected chi connectivity index (χ1v) is 7.60. The van der Waals surface area contributed by atoms with Gasteiger partial charge in [0.15, 0.2) is 22.9 Å². The molecule has 0 fully saturated rings. The van der Waals surface area contributed by atoms with Gasteiger partial charge in [0.1, 0.15) is 6.61 Å². The molecule has 0 saturated heterocycles. The highest BCUT2D eigenvalue weighted by Crippen LogP contribution is 2.29. The SMILES string of the molecule is COc1ccc(COC(=O)c2oc3c(F)cccc3c2C)cc1OC. The van der Waals surface area contributed by atoms with Gasteiger partial charge in [-0.1, -0.05) is 18.2 Å². The van der Waals surface area contributed by atoms with Crippen molar-refractivity contribution in [2.45, 2.75) is 13.5 Å². The summed E-state index contributed by atoms with van der Waals surface area (Å²) >= 11 is 0. The number of carbonyl (C=O) groups excluding carboxylic acids is 1. The monoisotopic (exact) mass is 344 g/mol. The van der Waals surface area contributed by atoms with E-state index in [0.717, 1.165) is 5.56 Å². The van der Waals surface area contributed by atoms with Crippen molar-refractivity contribution in [1.29, 1.82) is 0 Å². The molecule has 0 saturated carbocycles. The van der Waals surface area contributed by atoms with E-state index in [4.69, 9.17) is 18.6 Å². The van der Waals surface area contributed by atoms with Crippen LogP contribution in [0, 0.1) is 12.7 Å². The minimum Gasteiger partial charge on any atom is -0.493 e. The number of aryl methyl sites for hydroxylation is 1. The fraction of sp³-hybridized carbons (Fsp3) is 0.211. The molecule has 0 atom stereocenters. The van der Waals surface area contributed by atoms with Crippen molar-refractivity contribution < 1.29 is 27.8 Å². The van der Waals surface area contributed by atoms with Crippen LogP contribution < -0.4 is 9.47 Å². The Morgan fingerprint density at radius 2 is 1.88 bits per heavy atom. The molecule has 3 rings (SSSR count). The average Bonchev–Trinajstić information content (AvgIpc) is 2.98. The Bertz CT molecular complexity index is 929. The van der Waals surface area contributed by atoms with Crippen molar-refractivity contribution in [2.24, 2.45) is 0 Å². The van der Waals surface area contributed by atoms with Crippen LogP contribution in [0.5, 0.6) is 11.5 Å². The van der Waals surface area contributed by atoms with E-state index in [9.17, 15) is 9.18 Å². The molecule has 130 valence electrons. The van der Waals surface area contributed by atoms with Gasteiger partial charge >= 0.3 is 5.97 Å². The first-order valence-electron chi connectivity index (χ1n) is 7.60. The van der Waals surface area contributed by atoms with Crippen LogP contribution in [0.1, 0.15) is 21.7 Å². The minimum atomic E-state index is -0.650. The Morgan fingerprint density at radius 1 is 1.12 bits per heavy atom. The highest BCUT2D eigenvalue weighted by molar-refractivity contribution is 5.96. The zero-order valence-corrected chi connectivity index (χ0v) is 14.1. The molecule has 1 heterocycles. The molecule has 5 nitrogen and oxygen atoms in total. The van der Waals surface area contributed by atoms with Gasteiger partial charge in [-0.05, 0) is 30.7 Å².